The lowest BCUT2D eigenvalue weighted by molar-refractivity contribution is 0.625. The van der Waals surface area contributed by atoms with Gasteiger partial charge in [-0.25, -0.2) is 9.38 Å². The predicted molar refractivity (Wildman–Crippen MR) is 94.9 cm³/mol. The molecular formula is C14H14BrFIN3. The maximum Gasteiger partial charge on any atom is 0.193 e. The van der Waals surface area contributed by atoms with Crippen LogP contribution in [0.5, 0.6) is 0 Å². The molecule has 0 saturated carbocycles. The maximum atomic E-state index is 13.1. The third-order valence-corrected chi connectivity index (χ3v) is 3.25. The number of para-hydroxylation sites is 1. The first-order chi connectivity index (χ1) is 9.15. The summed E-state index contributed by atoms with van der Waals surface area (Å²) < 4.78 is 13.9. The summed E-state index contributed by atoms with van der Waals surface area (Å²) in [7, 11) is 0. The predicted octanol–water partition coefficient (Wildman–Crippen LogP) is 4.13. The van der Waals surface area contributed by atoms with Crippen molar-refractivity contribution < 1.29 is 4.39 Å². The molecular weight excluding hydrogens is 436 g/mol. The first-order valence-corrected chi connectivity index (χ1v) is 6.50. The Kier molecular flexibility index (Phi) is 6.94. The van der Waals surface area contributed by atoms with Crippen LogP contribution in [0.1, 0.15) is 5.56 Å². The van der Waals surface area contributed by atoms with E-state index in [0.717, 1.165) is 15.7 Å². The van der Waals surface area contributed by atoms with Gasteiger partial charge in [0.25, 0.3) is 0 Å². The number of anilines is 1. The highest BCUT2D eigenvalue weighted by molar-refractivity contribution is 14.0. The normalized spacial score (nSPS) is 10.8. The van der Waals surface area contributed by atoms with Crippen molar-refractivity contribution in [2.24, 2.45) is 10.7 Å². The fourth-order valence-electron chi connectivity index (χ4n) is 1.54. The van der Waals surface area contributed by atoms with Gasteiger partial charge in [-0.2, -0.15) is 0 Å². The number of nitrogens with zero attached hydrogens (tertiary/aromatic N) is 1. The van der Waals surface area contributed by atoms with Crippen LogP contribution in [-0.2, 0) is 6.54 Å². The van der Waals surface area contributed by atoms with Crippen molar-refractivity contribution in [1.29, 1.82) is 0 Å². The third-order valence-electron chi connectivity index (χ3n) is 2.47. The zero-order chi connectivity index (χ0) is 13.7. The highest BCUT2D eigenvalue weighted by Crippen LogP contribution is 2.18. The molecule has 3 nitrogen and oxygen atoms in total. The zero-order valence-corrected chi connectivity index (χ0v) is 14.4. The molecule has 3 N–H and O–H groups in total. The van der Waals surface area contributed by atoms with Crippen LogP contribution in [0.2, 0.25) is 0 Å². The smallest absolute Gasteiger partial charge is 0.193 e. The molecule has 2 aromatic carbocycles. The van der Waals surface area contributed by atoms with Crippen molar-refractivity contribution in [2.75, 3.05) is 5.32 Å². The summed E-state index contributed by atoms with van der Waals surface area (Å²) in [5.74, 6) is 0.00495. The number of guanidine groups is 1. The number of hydrogen-bond donors (Lipinski definition) is 2. The van der Waals surface area contributed by atoms with E-state index in [9.17, 15) is 4.39 Å². The van der Waals surface area contributed by atoms with Crippen LogP contribution in [0.4, 0.5) is 10.1 Å². The number of nitrogens with two attached hydrogens (primary N) is 1. The molecule has 0 aromatic heterocycles. The Labute approximate surface area is 142 Å². The first-order valence-electron chi connectivity index (χ1n) is 5.71. The number of halogens is 3. The standard InChI is InChI=1S/C14H13BrFN3.HI/c15-13-7-6-11(16)8-10(13)9-18-14(17)19-12-4-2-1-3-5-12;/h1-8H,9H2,(H3,17,18,19);1H. The fraction of sp³-hybridized carbons (Fsp3) is 0.0714. The Hall–Kier alpha value is -1.15. The van der Waals surface area contributed by atoms with Crippen molar-refractivity contribution in [3.05, 3.63) is 64.4 Å². The molecule has 0 atom stereocenters. The van der Waals surface area contributed by atoms with Crippen LogP contribution in [0, 0.1) is 5.82 Å². The molecule has 6 heteroatoms. The van der Waals surface area contributed by atoms with Crippen molar-refractivity contribution in [3.63, 3.8) is 0 Å². The second-order valence-corrected chi connectivity index (χ2v) is 4.78. The number of hydrogen-bond acceptors (Lipinski definition) is 1. The molecule has 0 fully saturated rings. The summed E-state index contributed by atoms with van der Waals surface area (Å²) >= 11 is 3.35. The quantitative estimate of drug-likeness (QED) is 0.420. The van der Waals surface area contributed by atoms with Gasteiger partial charge in [0.05, 0.1) is 6.54 Å². The fourth-order valence-corrected chi connectivity index (χ4v) is 1.92. The summed E-state index contributed by atoms with van der Waals surface area (Å²) in [5.41, 5.74) is 7.38. The largest absolute Gasteiger partial charge is 0.370 e. The van der Waals surface area contributed by atoms with E-state index in [4.69, 9.17) is 5.73 Å². The highest BCUT2D eigenvalue weighted by Gasteiger charge is 2.01. The molecule has 0 aliphatic rings. The molecule has 0 amide bonds. The van der Waals surface area contributed by atoms with E-state index >= 15 is 0 Å². The molecule has 0 aliphatic heterocycles. The molecule has 0 unspecified atom stereocenters. The number of rotatable bonds is 3. The van der Waals surface area contributed by atoms with Gasteiger partial charge in [-0.3, -0.25) is 0 Å². The lowest BCUT2D eigenvalue weighted by atomic mass is 10.2. The number of benzene rings is 2. The Balaban J connectivity index is 0.00000200. The molecule has 0 bridgehead atoms. The Morgan fingerprint density at radius 1 is 1.20 bits per heavy atom. The van der Waals surface area contributed by atoms with Crippen LogP contribution in [-0.4, -0.2) is 5.96 Å². The van der Waals surface area contributed by atoms with Crippen LogP contribution in [0.25, 0.3) is 0 Å². The summed E-state index contributed by atoms with van der Waals surface area (Å²) in [6.45, 7) is 0.310. The van der Waals surface area contributed by atoms with E-state index in [-0.39, 0.29) is 29.8 Å². The van der Waals surface area contributed by atoms with Crippen molar-refractivity contribution in [2.45, 2.75) is 6.54 Å². The van der Waals surface area contributed by atoms with Crippen LogP contribution >= 0.6 is 39.9 Å². The van der Waals surface area contributed by atoms with Gasteiger partial charge < -0.3 is 11.1 Å². The van der Waals surface area contributed by atoms with E-state index in [2.05, 4.69) is 26.2 Å². The van der Waals surface area contributed by atoms with E-state index in [0.29, 0.717) is 12.5 Å². The summed E-state index contributed by atoms with van der Waals surface area (Å²) in [6, 6.07) is 14.0. The second-order valence-electron chi connectivity index (χ2n) is 3.93. The molecule has 106 valence electrons. The van der Waals surface area contributed by atoms with Gasteiger partial charge in [0, 0.05) is 10.2 Å². The molecule has 0 saturated heterocycles. The Morgan fingerprint density at radius 3 is 2.60 bits per heavy atom. The monoisotopic (exact) mass is 449 g/mol. The Morgan fingerprint density at radius 2 is 1.90 bits per heavy atom. The molecule has 0 spiro atoms. The van der Waals surface area contributed by atoms with Gasteiger partial charge in [-0.1, -0.05) is 34.1 Å². The molecule has 2 aromatic rings. The lowest BCUT2D eigenvalue weighted by Crippen LogP contribution is -2.22. The topological polar surface area (TPSA) is 50.4 Å². The minimum atomic E-state index is -0.289. The minimum absolute atomic E-state index is 0. The van der Waals surface area contributed by atoms with E-state index in [1.54, 1.807) is 6.07 Å². The van der Waals surface area contributed by atoms with Gasteiger partial charge in [0.2, 0.25) is 0 Å². The third kappa shape index (κ3) is 5.09. The maximum absolute atomic E-state index is 13.1. The average molecular weight is 450 g/mol. The van der Waals surface area contributed by atoms with Crippen molar-refractivity contribution in [3.8, 4) is 0 Å². The number of nitrogens with one attached hydrogen (secondary N) is 1. The van der Waals surface area contributed by atoms with Gasteiger partial charge in [-0.05, 0) is 35.9 Å². The second kappa shape index (κ2) is 8.21. The SMILES string of the molecule is I.NC(=NCc1cc(F)ccc1Br)Nc1ccccc1. The summed E-state index contributed by atoms with van der Waals surface area (Å²) in [6.07, 6.45) is 0. The molecule has 2 rings (SSSR count). The highest BCUT2D eigenvalue weighted by atomic mass is 127. The first kappa shape index (κ1) is 16.9. The Bertz CT molecular complexity index is 590. The van der Waals surface area contributed by atoms with Crippen LogP contribution in [0.15, 0.2) is 58.0 Å². The lowest BCUT2D eigenvalue weighted by Gasteiger charge is -2.06. The number of aliphatic imine (C=N–C) groups is 1. The summed E-state index contributed by atoms with van der Waals surface area (Å²) in [4.78, 5) is 4.18. The van der Waals surface area contributed by atoms with Crippen LogP contribution in [0.3, 0.4) is 0 Å². The van der Waals surface area contributed by atoms with Gasteiger partial charge in [0.1, 0.15) is 5.82 Å². The van der Waals surface area contributed by atoms with E-state index in [1.807, 2.05) is 30.3 Å². The van der Waals surface area contributed by atoms with Crippen LogP contribution < -0.4 is 11.1 Å². The molecule has 0 aliphatic carbocycles. The van der Waals surface area contributed by atoms with Crippen molar-refractivity contribution >= 4 is 51.6 Å². The molecule has 0 heterocycles. The average Bonchev–Trinajstić information content (AvgIpc) is 2.41. The zero-order valence-electron chi connectivity index (χ0n) is 10.5. The van der Waals surface area contributed by atoms with E-state index in [1.165, 1.54) is 12.1 Å². The van der Waals surface area contributed by atoms with E-state index < -0.39 is 0 Å². The van der Waals surface area contributed by atoms with Crippen molar-refractivity contribution in [1.82, 2.24) is 0 Å². The minimum Gasteiger partial charge on any atom is -0.370 e. The van der Waals surface area contributed by atoms with Gasteiger partial charge >= 0.3 is 0 Å². The molecule has 20 heavy (non-hydrogen) atoms. The summed E-state index contributed by atoms with van der Waals surface area (Å²) in [5, 5.41) is 2.96. The van der Waals surface area contributed by atoms with Gasteiger partial charge in [0.15, 0.2) is 5.96 Å². The van der Waals surface area contributed by atoms with Gasteiger partial charge in [-0.15, -0.1) is 24.0 Å². The molecule has 0 radical (unpaired) electrons.